The lowest BCUT2D eigenvalue weighted by Crippen LogP contribution is -2.41. The first kappa shape index (κ1) is 20.5. The summed E-state index contributed by atoms with van der Waals surface area (Å²) in [6.45, 7) is 5.01. The van der Waals surface area contributed by atoms with Crippen molar-refractivity contribution in [1.82, 2.24) is 9.29 Å². The largest absolute Gasteiger partial charge is 0.302 e. The number of fused-ring (bicyclic) bond motifs is 1. The predicted molar refractivity (Wildman–Crippen MR) is 118 cm³/mol. The third kappa shape index (κ3) is 4.23. The van der Waals surface area contributed by atoms with Crippen molar-refractivity contribution in [3.63, 3.8) is 0 Å². The minimum Gasteiger partial charge on any atom is -0.302 e. The number of aromatic nitrogens is 1. The Balaban J connectivity index is 1.39. The number of nitrogens with zero attached hydrogens (tertiary/aromatic N) is 2. The molecule has 1 N–H and O–H groups in total. The van der Waals surface area contributed by atoms with Gasteiger partial charge in [-0.1, -0.05) is 37.3 Å². The molecule has 1 aromatic carbocycles. The van der Waals surface area contributed by atoms with Gasteiger partial charge in [-0.15, -0.1) is 11.3 Å². The molecule has 2 aromatic heterocycles. The molecule has 9 heteroatoms. The van der Waals surface area contributed by atoms with Crippen molar-refractivity contribution in [3.8, 4) is 0 Å². The summed E-state index contributed by atoms with van der Waals surface area (Å²) < 4.78 is 28.1. The molecule has 1 aliphatic rings. The van der Waals surface area contributed by atoms with E-state index >= 15 is 0 Å². The van der Waals surface area contributed by atoms with Gasteiger partial charge < -0.3 is 5.32 Å². The van der Waals surface area contributed by atoms with Crippen LogP contribution >= 0.6 is 22.7 Å². The Kier molecular flexibility index (Phi) is 5.74. The van der Waals surface area contributed by atoms with Gasteiger partial charge in [0.1, 0.15) is 4.21 Å². The van der Waals surface area contributed by atoms with Gasteiger partial charge in [-0.2, -0.15) is 4.31 Å². The molecule has 154 valence electrons. The Bertz CT molecular complexity index is 1110. The van der Waals surface area contributed by atoms with Crippen molar-refractivity contribution in [1.29, 1.82) is 0 Å². The van der Waals surface area contributed by atoms with Gasteiger partial charge in [-0.25, -0.2) is 13.4 Å². The maximum atomic E-state index is 12.7. The Morgan fingerprint density at radius 2 is 2.00 bits per heavy atom. The molecule has 0 saturated carbocycles. The molecule has 0 spiro atoms. The molecule has 0 aliphatic carbocycles. The van der Waals surface area contributed by atoms with E-state index in [0.717, 1.165) is 10.2 Å². The molecular formula is C20H23N3O3S3. The lowest BCUT2D eigenvalue weighted by atomic mass is 9.97. The molecule has 29 heavy (non-hydrogen) atoms. The highest BCUT2D eigenvalue weighted by atomic mass is 32.2. The van der Waals surface area contributed by atoms with Crippen LogP contribution in [0, 0.1) is 5.92 Å². The molecule has 3 aromatic rings. The zero-order valence-electron chi connectivity index (χ0n) is 16.3. The molecule has 4 rings (SSSR count). The molecule has 1 saturated heterocycles. The van der Waals surface area contributed by atoms with Crippen LogP contribution in [-0.4, -0.2) is 36.7 Å². The summed E-state index contributed by atoms with van der Waals surface area (Å²) in [7, 11) is -3.45. The van der Waals surface area contributed by atoms with Crippen molar-refractivity contribution in [2.75, 3.05) is 18.4 Å². The summed E-state index contributed by atoms with van der Waals surface area (Å²) in [5, 5.41) is 5.29. The smallest absolute Gasteiger partial charge is 0.252 e. The van der Waals surface area contributed by atoms with E-state index in [0.29, 0.717) is 41.2 Å². The van der Waals surface area contributed by atoms with Gasteiger partial charge in [0, 0.05) is 19.0 Å². The topological polar surface area (TPSA) is 79.4 Å². The Labute approximate surface area is 178 Å². The number of nitrogens with one attached hydrogen (secondary N) is 1. The highest BCUT2D eigenvalue weighted by Gasteiger charge is 2.32. The van der Waals surface area contributed by atoms with Gasteiger partial charge >= 0.3 is 0 Å². The highest BCUT2D eigenvalue weighted by Crippen LogP contribution is 2.31. The number of amides is 1. The normalized spacial score (nSPS) is 16.5. The number of sulfonamides is 1. The van der Waals surface area contributed by atoms with Crippen LogP contribution in [0.15, 0.2) is 39.9 Å². The average Bonchev–Trinajstić information content (AvgIpc) is 3.37. The quantitative estimate of drug-likeness (QED) is 0.621. The van der Waals surface area contributed by atoms with Crippen molar-refractivity contribution in [2.24, 2.45) is 5.92 Å². The minimum atomic E-state index is -3.45. The fourth-order valence-corrected chi connectivity index (χ4v) is 6.99. The monoisotopic (exact) mass is 449 g/mol. The minimum absolute atomic E-state index is 0.0821. The van der Waals surface area contributed by atoms with Crippen LogP contribution in [0.3, 0.4) is 0 Å². The van der Waals surface area contributed by atoms with E-state index in [1.807, 2.05) is 6.07 Å². The third-order valence-electron chi connectivity index (χ3n) is 5.22. The molecule has 1 fully saturated rings. The van der Waals surface area contributed by atoms with Crippen LogP contribution < -0.4 is 5.32 Å². The first-order valence-corrected chi connectivity index (χ1v) is 12.7. The summed E-state index contributed by atoms with van der Waals surface area (Å²) in [6, 6.07) is 9.55. The Morgan fingerprint density at radius 1 is 1.24 bits per heavy atom. The molecule has 1 aliphatic heterocycles. The number of piperidine rings is 1. The molecule has 1 amide bonds. The number of anilines is 1. The summed E-state index contributed by atoms with van der Waals surface area (Å²) in [4.78, 5) is 17.2. The third-order valence-corrected chi connectivity index (χ3v) is 9.43. The number of hydrogen-bond acceptors (Lipinski definition) is 6. The lowest BCUT2D eigenvalue weighted by Gasteiger charge is -2.29. The van der Waals surface area contributed by atoms with E-state index in [-0.39, 0.29) is 11.8 Å². The Morgan fingerprint density at radius 3 is 2.66 bits per heavy atom. The second-order valence-corrected chi connectivity index (χ2v) is 11.6. The van der Waals surface area contributed by atoms with Crippen LogP contribution in [0.2, 0.25) is 0 Å². The van der Waals surface area contributed by atoms with Crippen LogP contribution in [0.5, 0.6) is 0 Å². The fraction of sp³-hybridized carbons (Fsp3) is 0.400. The molecule has 0 bridgehead atoms. The van der Waals surface area contributed by atoms with Crippen molar-refractivity contribution in [2.45, 2.75) is 36.8 Å². The van der Waals surface area contributed by atoms with Crippen LogP contribution in [-0.2, 0) is 14.8 Å². The summed E-state index contributed by atoms with van der Waals surface area (Å²) in [5.74, 6) is 0.152. The molecule has 0 atom stereocenters. The van der Waals surface area contributed by atoms with E-state index in [4.69, 9.17) is 0 Å². The van der Waals surface area contributed by atoms with Crippen LogP contribution in [0.4, 0.5) is 5.13 Å². The van der Waals surface area contributed by atoms with E-state index in [1.165, 1.54) is 32.5 Å². The van der Waals surface area contributed by atoms with Crippen molar-refractivity contribution in [3.05, 3.63) is 41.3 Å². The molecule has 0 unspecified atom stereocenters. The number of benzene rings is 1. The first-order valence-electron chi connectivity index (χ1n) is 9.59. The number of rotatable bonds is 5. The van der Waals surface area contributed by atoms with Gasteiger partial charge in [0.2, 0.25) is 5.91 Å². The summed E-state index contributed by atoms with van der Waals surface area (Å²) in [6.07, 6.45) is 1.03. The summed E-state index contributed by atoms with van der Waals surface area (Å²) in [5.41, 5.74) is 2.13. The average molecular weight is 450 g/mol. The maximum Gasteiger partial charge on any atom is 0.252 e. The first-order chi connectivity index (χ1) is 13.8. The number of carbonyl (C=O) groups excluding carboxylic acids is 1. The van der Waals surface area contributed by atoms with E-state index in [1.54, 1.807) is 17.5 Å². The zero-order valence-corrected chi connectivity index (χ0v) is 18.7. The van der Waals surface area contributed by atoms with Gasteiger partial charge in [-0.3, -0.25) is 4.79 Å². The van der Waals surface area contributed by atoms with Crippen molar-refractivity contribution < 1.29 is 13.2 Å². The second kappa shape index (κ2) is 8.14. The molecule has 0 radical (unpaired) electrons. The highest BCUT2D eigenvalue weighted by molar-refractivity contribution is 7.91. The number of thiazole rings is 1. The molecule has 6 nitrogen and oxygen atoms in total. The Hall–Kier alpha value is -1.81. The van der Waals surface area contributed by atoms with E-state index < -0.39 is 10.0 Å². The van der Waals surface area contributed by atoms with E-state index in [9.17, 15) is 13.2 Å². The second-order valence-electron chi connectivity index (χ2n) is 7.50. The van der Waals surface area contributed by atoms with Gasteiger partial charge in [0.15, 0.2) is 5.13 Å². The maximum absolute atomic E-state index is 12.7. The molecular weight excluding hydrogens is 426 g/mol. The number of carbonyl (C=O) groups is 1. The lowest BCUT2D eigenvalue weighted by molar-refractivity contribution is -0.120. The van der Waals surface area contributed by atoms with Crippen molar-refractivity contribution >= 4 is 54.0 Å². The van der Waals surface area contributed by atoms with Crippen LogP contribution in [0.1, 0.15) is 38.2 Å². The predicted octanol–water partition coefficient (Wildman–Crippen LogP) is 4.52. The van der Waals surface area contributed by atoms with Gasteiger partial charge in [-0.05, 0) is 47.9 Å². The zero-order chi connectivity index (χ0) is 20.6. The standard InChI is InChI=1S/C20H23N3O3S3/c1-13(2)15-5-6-16-17(12-15)28-20(21-16)22-19(24)14-7-9-23(10-8-14)29(25,26)18-4-3-11-27-18/h3-6,11-14H,7-10H2,1-2H3,(H,21,22,24). The van der Waals surface area contributed by atoms with Gasteiger partial charge in [0.05, 0.1) is 10.2 Å². The number of thiophene rings is 1. The fourth-order valence-electron chi connectivity index (χ4n) is 3.46. The summed E-state index contributed by atoms with van der Waals surface area (Å²) >= 11 is 2.70. The van der Waals surface area contributed by atoms with E-state index in [2.05, 4.69) is 36.3 Å². The molecule has 3 heterocycles. The SMILES string of the molecule is CC(C)c1ccc2nc(NC(=O)C3CCN(S(=O)(=O)c4cccs4)CC3)sc2c1. The van der Waals surface area contributed by atoms with Crippen LogP contribution in [0.25, 0.3) is 10.2 Å². The number of hydrogen-bond donors (Lipinski definition) is 1. The van der Waals surface area contributed by atoms with Gasteiger partial charge in [0.25, 0.3) is 10.0 Å².